The molecule has 5 heteroatoms. The van der Waals surface area contributed by atoms with E-state index in [4.69, 9.17) is 4.74 Å². The van der Waals surface area contributed by atoms with Gasteiger partial charge in [0, 0.05) is 19.7 Å². The van der Waals surface area contributed by atoms with Crippen LogP contribution < -0.4 is 9.64 Å². The first kappa shape index (κ1) is 15.3. The fourth-order valence-electron chi connectivity index (χ4n) is 1.93. The molecule has 1 atom stereocenters. The van der Waals surface area contributed by atoms with Crippen molar-refractivity contribution in [1.82, 2.24) is 0 Å². The summed E-state index contributed by atoms with van der Waals surface area (Å²) >= 11 is 0. The monoisotopic (exact) mass is 269 g/mol. The van der Waals surface area contributed by atoms with E-state index in [1.54, 1.807) is 11.9 Å². The van der Waals surface area contributed by atoms with Crippen LogP contribution in [0.5, 0.6) is 5.75 Å². The number of halogens is 1. The van der Waals surface area contributed by atoms with Gasteiger partial charge in [0.1, 0.15) is 11.6 Å². The number of methoxy groups -OCH3 is 1. The van der Waals surface area contributed by atoms with Crippen molar-refractivity contribution in [2.75, 3.05) is 25.6 Å². The molecule has 1 N–H and O–H groups in total. The number of nitrogens with zero attached hydrogens (tertiary/aromatic N) is 1. The van der Waals surface area contributed by atoms with E-state index in [-0.39, 0.29) is 11.7 Å². The van der Waals surface area contributed by atoms with Gasteiger partial charge in [0.05, 0.1) is 18.7 Å². The largest absolute Gasteiger partial charge is 0.495 e. The van der Waals surface area contributed by atoms with Crippen LogP contribution in [0.1, 0.15) is 13.8 Å². The molecule has 0 spiro atoms. The molecule has 106 valence electrons. The van der Waals surface area contributed by atoms with E-state index in [2.05, 4.69) is 0 Å². The maximum Gasteiger partial charge on any atom is 0.308 e. The lowest BCUT2D eigenvalue weighted by Crippen LogP contribution is -2.33. The van der Waals surface area contributed by atoms with Gasteiger partial charge in [-0.05, 0) is 18.1 Å². The Kier molecular flexibility index (Phi) is 5.15. The first-order valence-electron chi connectivity index (χ1n) is 6.14. The van der Waals surface area contributed by atoms with Gasteiger partial charge in [-0.3, -0.25) is 4.79 Å². The van der Waals surface area contributed by atoms with Crippen LogP contribution in [0.15, 0.2) is 18.2 Å². The molecular formula is C14H20FNO3. The zero-order valence-corrected chi connectivity index (χ0v) is 11.7. The van der Waals surface area contributed by atoms with E-state index in [1.807, 2.05) is 13.8 Å². The fraction of sp³-hybridized carbons (Fsp3) is 0.500. The molecule has 1 aromatic rings. The highest BCUT2D eigenvalue weighted by Gasteiger charge is 2.24. The number of benzene rings is 1. The van der Waals surface area contributed by atoms with Crippen molar-refractivity contribution >= 4 is 11.7 Å². The average Bonchev–Trinajstić information content (AvgIpc) is 2.34. The number of carboxylic acid groups (broad SMARTS) is 1. The number of ether oxygens (including phenoxy) is 1. The highest BCUT2D eigenvalue weighted by molar-refractivity contribution is 5.71. The maximum atomic E-state index is 13.3. The first-order valence-corrected chi connectivity index (χ1v) is 6.14. The van der Waals surface area contributed by atoms with Gasteiger partial charge < -0.3 is 14.7 Å². The van der Waals surface area contributed by atoms with Gasteiger partial charge in [-0.25, -0.2) is 4.39 Å². The van der Waals surface area contributed by atoms with Crippen molar-refractivity contribution in [3.63, 3.8) is 0 Å². The summed E-state index contributed by atoms with van der Waals surface area (Å²) in [5.41, 5.74) is 0.550. The molecule has 1 unspecified atom stereocenters. The molecule has 0 aliphatic rings. The van der Waals surface area contributed by atoms with Crippen LogP contribution in [0.4, 0.5) is 10.1 Å². The lowest BCUT2D eigenvalue weighted by Gasteiger charge is -2.26. The van der Waals surface area contributed by atoms with Gasteiger partial charge in [-0.15, -0.1) is 0 Å². The number of aliphatic carboxylic acids is 1. The second kappa shape index (κ2) is 6.41. The van der Waals surface area contributed by atoms with Crippen LogP contribution in [0.25, 0.3) is 0 Å². The topological polar surface area (TPSA) is 49.8 Å². The van der Waals surface area contributed by atoms with Crippen LogP contribution in [0.2, 0.25) is 0 Å². The molecule has 0 saturated heterocycles. The molecule has 0 bridgehead atoms. The predicted octanol–water partition coefficient (Wildman–Crippen LogP) is 2.63. The van der Waals surface area contributed by atoms with E-state index in [0.29, 0.717) is 18.0 Å². The number of carboxylic acids is 1. The van der Waals surface area contributed by atoms with Crippen molar-refractivity contribution in [2.45, 2.75) is 13.8 Å². The van der Waals surface area contributed by atoms with Gasteiger partial charge in [-0.2, -0.15) is 0 Å². The van der Waals surface area contributed by atoms with E-state index in [9.17, 15) is 14.3 Å². The van der Waals surface area contributed by atoms with Crippen LogP contribution in [0, 0.1) is 17.7 Å². The molecule has 1 aromatic carbocycles. The summed E-state index contributed by atoms with van der Waals surface area (Å²) < 4.78 is 18.5. The van der Waals surface area contributed by atoms with Crippen molar-refractivity contribution in [3.8, 4) is 5.75 Å². The zero-order valence-electron chi connectivity index (χ0n) is 11.7. The van der Waals surface area contributed by atoms with Crippen molar-refractivity contribution in [3.05, 3.63) is 24.0 Å². The first-order chi connectivity index (χ1) is 8.86. The molecule has 0 aromatic heterocycles. The summed E-state index contributed by atoms with van der Waals surface area (Å²) in [5, 5.41) is 9.19. The highest BCUT2D eigenvalue weighted by Crippen LogP contribution is 2.29. The van der Waals surface area contributed by atoms with Crippen LogP contribution in [-0.2, 0) is 4.79 Å². The smallest absolute Gasteiger partial charge is 0.308 e. The highest BCUT2D eigenvalue weighted by atomic mass is 19.1. The van der Waals surface area contributed by atoms with E-state index in [1.165, 1.54) is 25.3 Å². The van der Waals surface area contributed by atoms with Crippen molar-refractivity contribution in [1.29, 1.82) is 0 Å². The Morgan fingerprint density at radius 2 is 2.11 bits per heavy atom. The van der Waals surface area contributed by atoms with Gasteiger partial charge in [0.25, 0.3) is 0 Å². The Morgan fingerprint density at radius 3 is 2.58 bits per heavy atom. The molecule has 0 radical (unpaired) electrons. The third-order valence-electron chi connectivity index (χ3n) is 3.14. The SMILES string of the molecule is COc1ccc(F)cc1N(C)CC(C(=O)O)C(C)C. The molecule has 19 heavy (non-hydrogen) atoms. The minimum absolute atomic E-state index is 0.000459. The van der Waals surface area contributed by atoms with Crippen LogP contribution in [-0.4, -0.2) is 31.8 Å². The summed E-state index contributed by atoms with van der Waals surface area (Å²) in [4.78, 5) is 12.9. The Hall–Kier alpha value is -1.78. The molecule has 0 fully saturated rings. The fourth-order valence-corrected chi connectivity index (χ4v) is 1.93. The minimum Gasteiger partial charge on any atom is -0.495 e. The summed E-state index contributed by atoms with van der Waals surface area (Å²) in [5.74, 6) is -1.22. The Bertz CT molecular complexity index is 448. The van der Waals surface area contributed by atoms with Crippen LogP contribution >= 0.6 is 0 Å². The molecule has 4 nitrogen and oxygen atoms in total. The molecule has 0 saturated carbocycles. The number of hydrogen-bond donors (Lipinski definition) is 1. The molecule has 0 amide bonds. The molecule has 0 aliphatic heterocycles. The van der Waals surface area contributed by atoms with Crippen molar-refractivity contribution in [2.24, 2.45) is 11.8 Å². The second-order valence-corrected chi connectivity index (χ2v) is 4.89. The van der Waals surface area contributed by atoms with E-state index < -0.39 is 11.9 Å². The maximum absolute atomic E-state index is 13.3. The van der Waals surface area contributed by atoms with Crippen LogP contribution in [0.3, 0.4) is 0 Å². The Labute approximate surface area is 112 Å². The number of anilines is 1. The summed E-state index contributed by atoms with van der Waals surface area (Å²) in [6.07, 6.45) is 0. The quantitative estimate of drug-likeness (QED) is 0.862. The number of carbonyl (C=O) groups is 1. The van der Waals surface area contributed by atoms with E-state index >= 15 is 0 Å². The minimum atomic E-state index is -0.850. The second-order valence-electron chi connectivity index (χ2n) is 4.89. The third-order valence-corrected chi connectivity index (χ3v) is 3.14. The molecular weight excluding hydrogens is 249 g/mol. The Morgan fingerprint density at radius 1 is 1.47 bits per heavy atom. The lowest BCUT2D eigenvalue weighted by atomic mass is 9.95. The third kappa shape index (κ3) is 3.84. The number of hydrogen-bond acceptors (Lipinski definition) is 3. The van der Waals surface area contributed by atoms with Gasteiger partial charge in [-0.1, -0.05) is 13.8 Å². The normalized spacial score (nSPS) is 12.3. The Balaban J connectivity index is 2.96. The molecule has 0 aliphatic carbocycles. The standard InChI is InChI=1S/C14H20FNO3/c1-9(2)11(14(17)18)8-16(3)12-7-10(15)5-6-13(12)19-4/h5-7,9,11H,8H2,1-4H3,(H,17,18). The number of rotatable bonds is 6. The van der Waals surface area contributed by atoms with Crippen molar-refractivity contribution < 1.29 is 19.0 Å². The van der Waals surface area contributed by atoms with Gasteiger partial charge in [0.2, 0.25) is 0 Å². The van der Waals surface area contributed by atoms with Gasteiger partial charge in [0.15, 0.2) is 0 Å². The molecule has 1 rings (SSSR count). The summed E-state index contributed by atoms with van der Waals surface area (Å²) in [6.45, 7) is 4.01. The summed E-state index contributed by atoms with van der Waals surface area (Å²) in [7, 11) is 3.23. The predicted molar refractivity (Wildman–Crippen MR) is 72.2 cm³/mol. The molecule has 0 heterocycles. The van der Waals surface area contributed by atoms with E-state index in [0.717, 1.165) is 0 Å². The summed E-state index contributed by atoms with van der Waals surface area (Å²) in [6, 6.07) is 4.19. The average molecular weight is 269 g/mol. The zero-order chi connectivity index (χ0) is 14.6. The lowest BCUT2D eigenvalue weighted by molar-refractivity contribution is -0.142. The van der Waals surface area contributed by atoms with Gasteiger partial charge >= 0.3 is 5.97 Å².